The molecule has 4 nitrogen and oxygen atoms in total. The largest absolute Gasteiger partial charge is 0.461 e. The Morgan fingerprint density at radius 1 is 1.83 bits per heavy atom. The molecule has 1 heterocycles. The first-order chi connectivity index (χ1) is 5.83. The first-order valence-corrected chi connectivity index (χ1v) is 4.05. The fraction of sp³-hybridized carbons (Fsp3) is 0.286. The number of hydrogen-bond acceptors (Lipinski definition) is 5. The van der Waals surface area contributed by atoms with Crippen LogP contribution >= 0.6 is 11.5 Å². The van der Waals surface area contributed by atoms with Gasteiger partial charge in [0.05, 0.1) is 0 Å². The molecule has 0 aliphatic carbocycles. The molecule has 0 saturated heterocycles. The van der Waals surface area contributed by atoms with Crippen molar-refractivity contribution >= 4 is 17.5 Å². The number of hydrogen-bond donors (Lipinski definition) is 0. The Kier molecular flexibility index (Phi) is 3.40. The molecule has 0 amide bonds. The van der Waals surface area contributed by atoms with Gasteiger partial charge in [-0.15, -0.1) is 0 Å². The number of carbonyl (C=O) groups excluding carboxylic acids is 1. The normalized spacial score (nSPS) is 9.33. The van der Waals surface area contributed by atoms with Crippen molar-refractivity contribution < 1.29 is 9.53 Å². The number of nitrogens with zero attached hydrogens (tertiary/aromatic N) is 2. The quantitative estimate of drug-likeness (QED) is 0.507. The highest BCUT2D eigenvalue weighted by atomic mass is 32.1. The predicted molar refractivity (Wildman–Crippen MR) is 43.6 cm³/mol. The van der Waals surface area contributed by atoms with Crippen LogP contribution in [0.5, 0.6) is 0 Å². The lowest BCUT2D eigenvalue weighted by atomic mass is 10.4. The summed E-state index contributed by atoms with van der Waals surface area (Å²) >= 11 is 1.09. The second-order valence-electron chi connectivity index (χ2n) is 1.95. The van der Waals surface area contributed by atoms with Crippen LogP contribution in [-0.4, -0.2) is 21.9 Å². The van der Waals surface area contributed by atoms with Crippen LogP contribution in [0.4, 0.5) is 0 Å². The molecule has 0 unspecified atom stereocenters. The van der Waals surface area contributed by atoms with E-state index in [-0.39, 0.29) is 19.0 Å². The van der Waals surface area contributed by atoms with Crippen LogP contribution in [0, 0.1) is 5.51 Å². The van der Waals surface area contributed by atoms with Gasteiger partial charge in [-0.05, 0) is 11.5 Å². The lowest BCUT2D eigenvalue weighted by molar-refractivity contribution is -0.141. The highest BCUT2D eigenvalue weighted by Crippen LogP contribution is 1.95. The fourth-order valence-corrected chi connectivity index (χ4v) is 0.968. The van der Waals surface area contributed by atoms with Crippen molar-refractivity contribution in [1.29, 1.82) is 0 Å². The molecule has 0 atom stereocenters. The summed E-state index contributed by atoms with van der Waals surface area (Å²) in [7, 11) is 0. The van der Waals surface area contributed by atoms with Crippen LogP contribution in [0.1, 0.15) is 5.82 Å². The molecule has 1 aromatic rings. The summed E-state index contributed by atoms with van der Waals surface area (Å²) < 4.78 is 8.53. The van der Waals surface area contributed by atoms with E-state index in [0.29, 0.717) is 5.82 Å². The standard InChI is InChI=1S/C7H7N2O2S/c1-2-3-11-7(10)4-6-8-5-12-9-6/h2H,1,3-4H2. The third kappa shape index (κ3) is 2.79. The molecule has 0 aliphatic heterocycles. The van der Waals surface area contributed by atoms with Crippen LogP contribution in [0.25, 0.3) is 0 Å². The summed E-state index contributed by atoms with van der Waals surface area (Å²) in [5.74, 6) is 0.107. The predicted octanol–water partition coefficient (Wildman–Crippen LogP) is 0.610. The van der Waals surface area contributed by atoms with Gasteiger partial charge in [0.2, 0.25) is 0 Å². The third-order valence-corrected chi connectivity index (χ3v) is 1.51. The van der Waals surface area contributed by atoms with Gasteiger partial charge >= 0.3 is 5.97 Å². The van der Waals surface area contributed by atoms with E-state index < -0.39 is 0 Å². The summed E-state index contributed by atoms with van der Waals surface area (Å²) in [6.07, 6.45) is 1.62. The molecule has 1 rings (SSSR count). The molecule has 12 heavy (non-hydrogen) atoms. The maximum absolute atomic E-state index is 10.9. The zero-order valence-electron chi connectivity index (χ0n) is 6.32. The van der Waals surface area contributed by atoms with Crippen molar-refractivity contribution in [3.05, 3.63) is 24.0 Å². The van der Waals surface area contributed by atoms with Crippen LogP contribution in [0.3, 0.4) is 0 Å². The fourth-order valence-electron chi connectivity index (χ4n) is 0.570. The maximum Gasteiger partial charge on any atom is 0.313 e. The second-order valence-corrected chi connectivity index (χ2v) is 2.50. The summed E-state index contributed by atoms with van der Waals surface area (Å²) in [5, 5.41) is 0. The zero-order chi connectivity index (χ0) is 8.81. The molecule has 1 aromatic heterocycles. The first kappa shape index (κ1) is 8.86. The minimum atomic E-state index is -0.346. The smallest absolute Gasteiger partial charge is 0.313 e. The van der Waals surface area contributed by atoms with Crippen LogP contribution in [0.2, 0.25) is 0 Å². The van der Waals surface area contributed by atoms with E-state index in [1.807, 2.05) is 0 Å². The van der Waals surface area contributed by atoms with E-state index in [4.69, 9.17) is 4.74 Å². The summed E-state index contributed by atoms with van der Waals surface area (Å²) in [6.45, 7) is 3.65. The molecule has 63 valence electrons. The number of aromatic nitrogens is 2. The van der Waals surface area contributed by atoms with Crippen molar-refractivity contribution in [2.24, 2.45) is 0 Å². The van der Waals surface area contributed by atoms with E-state index in [2.05, 4.69) is 21.4 Å². The van der Waals surface area contributed by atoms with Crippen molar-refractivity contribution in [1.82, 2.24) is 9.36 Å². The zero-order valence-corrected chi connectivity index (χ0v) is 7.13. The van der Waals surface area contributed by atoms with Gasteiger partial charge in [-0.1, -0.05) is 12.7 Å². The van der Waals surface area contributed by atoms with E-state index in [1.165, 1.54) is 6.08 Å². The molecular weight excluding hydrogens is 176 g/mol. The molecule has 5 heteroatoms. The van der Waals surface area contributed by atoms with E-state index in [1.54, 1.807) is 0 Å². The van der Waals surface area contributed by atoms with Gasteiger partial charge < -0.3 is 4.74 Å². The van der Waals surface area contributed by atoms with Gasteiger partial charge in [0, 0.05) is 0 Å². The number of esters is 1. The lowest BCUT2D eigenvalue weighted by Gasteiger charge is -1.97. The van der Waals surface area contributed by atoms with Gasteiger partial charge in [0.25, 0.3) is 0 Å². The molecule has 0 bridgehead atoms. The van der Waals surface area contributed by atoms with Crippen LogP contribution < -0.4 is 0 Å². The number of rotatable bonds is 4. The average molecular weight is 183 g/mol. The molecule has 0 fully saturated rings. The van der Waals surface area contributed by atoms with E-state index in [9.17, 15) is 4.79 Å². The second kappa shape index (κ2) is 4.61. The van der Waals surface area contributed by atoms with Gasteiger partial charge in [-0.2, -0.15) is 4.37 Å². The van der Waals surface area contributed by atoms with Crippen LogP contribution in [-0.2, 0) is 16.0 Å². The monoisotopic (exact) mass is 183 g/mol. The highest BCUT2D eigenvalue weighted by Gasteiger charge is 2.06. The van der Waals surface area contributed by atoms with E-state index in [0.717, 1.165) is 11.5 Å². The Morgan fingerprint density at radius 2 is 2.67 bits per heavy atom. The molecule has 0 aromatic carbocycles. The van der Waals surface area contributed by atoms with Crippen molar-refractivity contribution in [3.63, 3.8) is 0 Å². The van der Waals surface area contributed by atoms with Gasteiger partial charge in [0.15, 0.2) is 11.3 Å². The molecule has 0 spiro atoms. The van der Waals surface area contributed by atoms with Crippen molar-refractivity contribution in [2.45, 2.75) is 6.42 Å². The Labute approximate surface area is 74.1 Å². The van der Waals surface area contributed by atoms with Crippen LogP contribution in [0.15, 0.2) is 12.7 Å². The van der Waals surface area contributed by atoms with Gasteiger partial charge in [-0.25, -0.2) is 4.98 Å². The average Bonchev–Trinajstić information content (AvgIpc) is 2.53. The Hall–Kier alpha value is -1.23. The summed E-state index contributed by atoms with van der Waals surface area (Å²) in [6, 6.07) is 0. The van der Waals surface area contributed by atoms with Crippen molar-refractivity contribution in [3.8, 4) is 0 Å². The Bertz CT molecular complexity index is 258. The summed E-state index contributed by atoms with van der Waals surface area (Å²) in [5.41, 5.74) is 2.54. The molecule has 0 N–H and O–H groups in total. The SMILES string of the molecule is C=CCOC(=O)Cc1n[c]sn1. The molecular formula is C7H7N2O2S. The topological polar surface area (TPSA) is 52.1 Å². The molecule has 0 saturated carbocycles. The molecule has 0 aliphatic rings. The van der Waals surface area contributed by atoms with E-state index >= 15 is 0 Å². The van der Waals surface area contributed by atoms with Crippen molar-refractivity contribution in [2.75, 3.05) is 6.61 Å². The maximum atomic E-state index is 10.9. The minimum absolute atomic E-state index is 0.105. The number of carbonyl (C=O) groups is 1. The third-order valence-electron chi connectivity index (χ3n) is 1.03. The van der Waals surface area contributed by atoms with Gasteiger partial charge in [-0.3, -0.25) is 4.79 Å². The Balaban J connectivity index is 2.32. The van der Waals surface area contributed by atoms with Gasteiger partial charge in [0.1, 0.15) is 13.0 Å². The number of ether oxygens (including phenoxy) is 1. The minimum Gasteiger partial charge on any atom is -0.461 e. The summed E-state index contributed by atoms with van der Waals surface area (Å²) in [4.78, 5) is 14.6. The molecule has 1 radical (unpaired) electrons. The first-order valence-electron chi connectivity index (χ1n) is 3.28. The highest BCUT2D eigenvalue weighted by molar-refractivity contribution is 7.02. The lowest BCUT2D eigenvalue weighted by Crippen LogP contribution is -2.08. The Morgan fingerprint density at radius 3 is 3.25 bits per heavy atom.